The molecule has 1 aromatic heterocycles. The van der Waals surface area contributed by atoms with Crippen LogP contribution in [0.1, 0.15) is 23.5 Å². The molecule has 0 saturated heterocycles. The van der Waals surface area contributed by atoms with Gasteiger partial charge in [0.1, 0.15) is 6.04 Å². The molecule has 1 aromatic rings. The number of halogens is 2. The van der Waals surface area contributed by atoms with Crippen LogP contribution < -0.4 is 16.4 Å². The van der Waals surface area contributed by atoms with Gasteiger partial charge in [-0.3, -0.25) is 9.59 Å². The number of hydrogen-bond acceptors (Lipinski definition) is 4. The highest BCUT2D eigenvalue weighted by Crippen LogP contribution is 2.21. The van der Waals surface area contributed by atoms with Crippen molar-refractivity contribution in [2.45, 2.75) is 25.9 Å². The minimum absolute atomic E-state index is 0. The fourth-order valence-electron chi connectivity index (χ4n) is 1.20. The molecule has 1 heterocycles. The predicted molar refractivity (Wildman–Crippen MR) is 82.9 cm³/mol. The van der Waals surface area contributed by atoms with Gasteiger partial charge in [0.2, 0.25) is 5.91 Å². The number of nitrogens with two attached hydrogens (primary N) is 1. The zero-order valence-electron chi connectivity index (χ0n) is 10.6. The normalized spacial score (nSPS) is 13.1. The molecule has 19 heavy (non-hydrogen) atoms. The summed E-state index contributed by atoms with van der Waals surface area (Å²) in [4.78, 5) is 24.1. The van der Waals surface area contributed by atoms with Gasteiger partial charge in [0.05, 0.1) is 8.66 Å². The highest BCUT2D eigenvalue weighted by Gasteiger charge is 2.18. The molecule has 0 aliphatic carbocycles. The van der Waals surface area contributed by atoms with E-state index in [0.717, 1.165) is 3.79 Å². The van der Waals surface area contributed by atoms with Gasteiger partial charge in [-0.2, -0.15) is 0 Å². The van der Waals surface area contributed by atoms with Crippen LogP contribution in [-0.4, -0.2) is 30.4 Å². The van der Waals surface area contributed by atoms with Crippen molar-refractivity contribution in [3.8, 4) is 0 Å². The molecule has 108 valence electrons. The van der Waals surface area contributed by atoms with E-state index >= 15 is 0 Å². The van der Waals surface area contributed by atoms with Crippen molar-refractivity contribution in [3.63, 3.8) is 0 Å². The monoisotopic (exact) mass is 369 g/mol. The van der Waals surface area contributed by atoms with Gasteiger partial charge in [-0.25, -0.2) is 0 Å². The fourth-order valence-corrected chi connectivity index (χ4v) is 2.49. The Hall–Kier alpha value is -0.630. The van der Waals surface area contributed by atoms with E-state index in [1.54, 1.807) is 19.1 Å². The SMILES string of the molecule is CC(NC(=O)c1ccc(Br)s1)C(=O)N[C@@H](C)CN.Cl. The molecule has 0 aromatic carbocycles. The Balaban J connectivity index is 0.00000324. The third-order valence-electron chi connectivity index (χ3n) is 2.28. The number of hydrogen-bond donors (Lipinski definition) is 3. The summed E-state index contributed by atoms with van der Waals surface area (Å²) in [5.41, 5.74) is 5.41. The summed E-state index contributed by atoms with van der Waals surface area (Å²) in [6.07, 6.45) is 0. The van der Waals surface area contributed by atoms with E-state index in [2.05, 4.69) is 26.6 Å². The third-order valence-corrected chi connectivity index (χ3v) is 3.90. The minimum atomic E-state index is -0.590. The summed E-state index contributed by atoms with van der Waals surface area (Å²) >= 11 is 4.60. The maximum Gasteiger partial charge on any atom is 0.262 e. The van der Waals surface area contributed by atoms with Crippen LogP contribution >= 0.6 is 39.7 Å². The van der Waals surface area contributed by atoms with Gasteiger partial charge in [-0.15, -0.1) is 23.7 Å². The molecule has 0 radical (unpaired) electrons. The Labute approximate surface area is 130 Å². The van der Waals surface area contributed by atoms with Gasteiger partial charge >= 0.3 is 0 Å². The highest BCUT2D eigenvalue weighted by atomic mass is 79.9. The first-order valence-electron chi connectivity index (χ1n) is 5.50. The lowest BCUT2D eigenvalue weighted by molar-refractivity contribution is -0.123. The smallest absolute Gasteiger partial charge is 0.262 e. The summed E-state index contributed by atoms with van der Waals surface area (Å²) in [6.45, 7) is 3.81. The van der Waals surface area contributed by atoms with Gasteiger partial charge in [0.15, 0.2) is 0 Å². The molecular formula is C11H17BrClN3O2S. The first-order chi connectivity index (χ1) is 8.43. The number of nitrogens with one attached hydrogen (secondary N) is 2. The lowest BCUT2D eigenvalue weighted by Gasteiger charge is -2.16. The summed E-state index contributed by atoms with van der Waals surface area (Å²) in [6, 6.07) is 2.80. The predicted octanol–water partition coefficient (Wildman–Crippen LogP) is 1.51. The van der Waals surface area contributed by atoms with Crippen LogP contribution in [0.4, 0.5) is 0 Å². The molecule has 1 unspecified atom stereocenters. The Morgan fingerprint density at radius 3 is 2.47 bits per heavy atom. The van der Waals surface area contributed by atoms with Crippen molar-refractivity contribution in [3.05, 3.63) is 20.8 Å². The van der Waals surface area contributed by atoms with Crippen LogP contribution in [0, 0.1) is 0 Å². The molecule has 5 nitrogen and oxygen atoms in total. The van der Waals surface area contributed by atoms with Crippen LogP contribution in [0.5, 0.6) is 0 Å². The van der Waals surface area contributed by atoms with Crippen molar-refractivity contribution >= 4 is 51.5 Å². The quantitative estimate of drug-likeness (QED) is 0.734. The molecule has 1 rings (SSSR count). The van der Waals surface area contributed by atoms with Gasteiger partial charge in [-0.05, 0) is 41.9 Å². The van der Waals surface area contributed by atoms with Crippen molar-refractivity contribution in [2.24, 2.45) is 5.73 Å². The number of thiophene rings is 1. The third kappa shape index (κ3) is 5.90. The summed E-state index contributed by atoms with van der Waals surface area (Å²) in [5.74, 6) is -0.495. The molecule has 0 fully saturated rings. The largest absolute Gasteiger partial charge is 0.351 e. The van der Waals surface area contributed by atoms with E-state index in [9.17, 15) is 9.59 Å². The Bertz CT molecular complexity index is 441. The second-order valence-electron chi connectivity index (χ2n) is 3.94. The Morgan fingerprint density at radius 2 is 2.00 bits per heavy atom. The average molecular weight is 371 g/mol. The van der Waals surface area contributed by atoms with Gasteiger partial charge in [0.25, 0.3) is 5.91 Å². The van der Waals surface area contributed by atoms with Gasteiger partial charge < -0.3 is 16.4 Å². The van der Waals surface area contributed by atoms with Gasteiger partial charge in [-0.1, -0.05) is 0 Å². The zero-order valence-corrected chi connectivity index (χ0v) is 13.8. The van der Waals surface area contributed by atoms with Crippen LogP contribution in [0.15, 0.2) is 15.9 Å². The topological polar surface area (TPSA) is 84.2 Å². The molecular weight excluding hydrogens is 354 g/mol. The Kier molecular flexibility index (Phi) is 8.24. The van der Waals surface area contributed by atoms with E-state index in [-0.39, 0.29) is 30.3 Å². The van der Waals surface area contributed by atoms with Crippen LogP contribution in [0.3, 0.4) is 0 Å². The number of amides is 2. The second-order valence-corrected chi connectivity index (χ2v) is 6.41. The summed E-state index contributed by atoms with van der Waals surface area (Å²) in [5, 5.41) is 5.34. The molecule has 0 aliphatic rings. The van der Waals surface area contributed by atoms with E-state index in [1.807, 2.05) is 6.92 Å². The fraction of sp³-hybridized carbons (Fsp3) is 0.455. The Morgan fingerprint density at radius 1 is 1.37 bits per heavy atom. The molecule has 2 atom stereocenters. The molecule has 2 amide bonds. The van der Waals surface area contributed by atoms with E-state index < -0.39 is 6.04 Å². The zero-order chi connectivity index (χ0) is 13.7. The van der Waals surface area contributed by atoms with E-state index in [4.69, 9.17) is 5.73 Å². The maximum absolute atomic E-state index is 11.8. The molecule has 0 aliphatic heterocycles. The average Bonchev–Trinajstić information content (AvgIpc) is 2.75. The van der Waals surface area contributed by atoms with Crippen molar-refractivity contribution in [1.29, 1.82) is 0 Å². The van der Waals surface area contributed by atoms with Crippen molar-refractivity contribution in [2.75, 3.05) is 6.54 Å². The molecule has 0 spiro atoms. The van der Waals surface area contributed by atoms with E-state index in [1.165, 1.54) is 11.3 Å². The molecule has 0 saturated carbocycles. The first kappa shape index (κ1) is 18.4. The van der Waals surface area contributed by atoms with Gasteiger partial charge in [0, 0.05) is 12.6 Å². The highest BCUT2D eigenvalue weighted by molar-refractivity contribution is 9.11. The van der Waals surface area contributed by atoms with Crippen LogP contribution in [0.2, 0.25) is 0 Å². The number of rotatable bonds is 5. The minimum Gasteiger partial charge on any atom is -0.351 e. The molecule has 4 N–H and O–H groups in total. The van der Waals surface area contributed by atoms with Crippen LogP contribution in [-0.2, 0) is 4.79 Å². The summed E-state index contributed by atoms with van der Waals surface area (Å²) < 4.78 is 0.876. The van der Waals surface area contributed by atoms with Crippen LogP contribution in [0.25, 0.3) is 0 Å². The van der Waals surface area contributed by atoms with Crippen molar-refractivity contribution in [1.82, 2.24) is 10.6 Å². The van der Waals surface area contributed by atoms with Crippen molar-refractivity contribution < 1.29 is 9.59 Å². The van der Waals surface area contributed by atoms with E-state index in [0.29, 0.717) is 11.4 Å². The standard InChI is InChI=1S/C11H16BrN3O2S.ClH/c1-6(5-13)14-10(16)7(2)15-11(17)8-3-4-9(12)18-8;/h3-4,6-7H,5,13H2,1-2H3,(H,14,16)(H,15,17);1H/t6-,7?;/m0./s1. The first-order valence-corrected chi connectivity index (χ1v) is 7.11. The maximum atomic E-state index is 11.8. The summed E-state index contributed by atoms with van der Waals surface area (Å²) in [7, 11) is 0. The number of carbonyl (C=O) groups is 2. The second kappa shape index (κ2) is 8.52. The molecule has 8 heteroatoms. The lowest BCUT2D eigenvalue weighted by Crippen LogP contribution is -2.48. The molecule has 0 bridgehead atoms. The lowest BCUT2D eigenvalue weighted by atomic mass is 10.2. The number of carbonyl (C=O) groups excluding carboxylic acids is 2.